The second kappa shape index (κ2) is 4.15. The fourth-order valence-corrected chi connectivity index (χ4v) is 5.39. The van der Waals surface area contributed by atoms with Crippen LogP contribution in [0.25, 0.3) is 0 Å². The molecule has 0 spiro atoms. The average Bonchev–Trinajstić information content (AvgIpc) is 2.68. The molecule has 0 aromatic carbocycles. The van der Waals surface area contributed by atoms with Gasteiger partial charge in [0, 0.05) is 5.92 Å². The van der Waals surface area contributed by atoms with Crippen molar-refractivity contribution >= 4 is 5.82 Å². The molecule has 0 atom stereocenters. The molecule has 1 heterocycles. The smallest absolute Gasteiger partial charge is 0.142 e. The first-order valence-corrected chi connectivity index (χ1v) is 8.16. The van der Waals surface area contributed by atoms with Crippen molar-refractivity contribution in [2.24, 2.45) is 17.8 Å². The van der Waals surface area contributed by atoms with Gasteiger partial charge in [-0.2, -0.15) is 0 Å². The molecule has 4 nitrogen and oxygen atoms in total. The molecule has 1 aromatic heterocycles. The number of nitrogens with zero attached hydrogens (tertiary/aromatic N) is 2. The summed E-state index contributed by atoms with van der Waals surface area (Å²) in [4.78, 5) is 4.49. The maximum absolute atomic E-state index is 6.15. The molecule has 0 saturated heterocycles. The third-order valence-corrected chi connectivity index (χ3v) is 5.72. The Balaban J connectivity index is 1.64. The molecule has 5 rings (SSSR count). The predicted octanol–water partition coefficient (Wildman–Crippen LogP) is 3.10. The highest BCUT2D eigenvalue weighted by atomic mass is 15.5. The monoisotopic (exact) mass is 274 g/mol. The summed E-state index contributed by atoms with van der Waals surface area (Å²) in [6.07, 6.45) is 10.2. The lowest BCUT2D eigenvalue weighted by Crippen LogP contribution is -2.57. The van der Waals surface area contributed by atoms with Gasteiger partial charge in [-0.05, 0) is 56.3 Å². The molecule has 0 radical (unpaired) electrons. The van der Waals surface area contributed by atoms with Gasteiger partial charge >= 0.3 is 0 Å². The number of anilines is 1. The van der Waals surface area contributed by atoms with Gasteiger partial charge in [0.25, 0.3) is 0 Å². The summed E-state index contributed by atoms with van der Waals surface area (Å²) >= 11 is 0. The molecule has 4 bridgehead atoms. The first-order chi connectivity index (χ1) is 9.55. The summed E-state index contributed by atoms with van der Waals surface area (Å²) in [6, 6.07) is 0. The van der Waals surface area contributed by atoms with Crippen LogP contribution in [-0.2, 0) is 0 Å². The maximum Gasteiger partial charge on any atom is 0.142 e. The minimum absolute atomic E-state index is 0.285. The van der Waals surface area contributed by atoms with E-state index in [-0.39, 0.29) is 5.54 Å². The molecule has 0 unspecified atom stereocenters. The molecule has 1 aromatic rings. The van der Waals surface area contributed by atoms with Crippen molar-refractivity contribution in [1.82, 2.24) is 9.66 Å². The van der Waals surface area contributed by atoms with E-state index in [1.807, 2.05) is 0 Å². The van der Waals surface area contributed by atoms with Crippen LogP contribution < -0.4 is 11.2 Å². The summed E-state index contributed by atoms with van der Waals surface area (Å²) in [5.41, 5.74) is 10.2. The maximum atomic E-state index is 6.15. The summed E-state index contributed by atoms with van der Waals surface area (Å²) in [7, 11) is 0. The van der Waals surface area contributed by atoms with Gasteiger partial charge in [-0.15, -0.1) is 0 Å². The zero-order chi connectivity index (χ0) is 13.9. The van der Waals surface area contributed by atoms with E-state index in [4.69, 9.17) is 5.73 Å². The lowest BCUT2D eigenvalue weighted by molar-refractivity contribution is 0.00469. The Labute approximate surface area is 121 Å². The van der Waals surface area contributed by atoms with Crippen molar-refractivity contribution in [3.8, 4) is 0 Å². The standard InChI is InChI=1S/C16H26N4/c1-10(2)15-18-9-14(17)20(15)19-16-6-11-3-12(7-16)5-13(4-11)8-16/h9-13,19H,3-8,17H2,1-2H3. The fraction of sp³-hybridized carbons (Fsp3) is 0.812. The first kappa shape index (κ1) is 12.5. The quantitative estimate of drug-likeness (QED) is 0.890. The molecule has 4 aliphatic carbocycles. The molecule has 3 N–H and O–H groups in total. The van der Waals surface area contributed by atoms with Gasteiger partial charge in [-0.3, -0.25) is 0 Å². The van der Waals surface area contributed by atoms with Crippen LogP contribution in [0, 0.1) is 17.8 Å². The van der Waals surface area contributed by atoms with E-state index in [9.17, 15) is 0 Å². The van der Waals surface area contributed by atoms with Crippen LogP contribution in [0.4, 0.5) is 5.82 Å². The highest BCUT2D eigenvalue weighted by Gasteiger charge is 2.51. The summed E-state index contributed by atoms with van der Waals surface area (Å²) < 4.78 is 2.08. The van der Waals surface area contributed by atoms with Crippen LogP contribution in [0.2, 0.25) is 0 Å². The normalized spacial score (nSPS) is 38.6. The summed E-state index contributed by atoms with van der Waals surface area (Å²) in [5.74, 6) is 5.05. The highest BCUT2D eigenvalue weighted by Crippen LogP contribution is 2.56. The molecule has 4 saturated carbocycles. The second-order valence-corrected chi connectivity index (χ2v) is 7.84. The van der Waals surface area contributed by atoms with Gasteiger partial charge in [0.1, 0.15) is 11.6 Å². The number of rotatable bonds is 3. The van der Waals surface area contributed by atoms with Crippen molar-refractivity contribution in [2.45, 2.75) is 63.8 Å². The highest BCUT2D eigenvalue weighted by molar-refractivity contribution is 5.32. The van der Waals surface area contributed by atoms with Gasteiger partial charge in [0.05, 0.1) is 11.7 Å². The Morgan fingerprint density at radius 1 is 1.20 bits per heavy atom. The Hall–Kier alpha value is -1.19. The van der Waals surface area contributed by atoms with Crippen molar-refractivity contribution in [2.75, 3.05) is 11.2 Å². The predicted molar refractivity (Wildman–Crippen MR) is 81.0 cm³/mol. The average molecular weight is 274 g/mol. The van der Waals surface area contributed by atoms with E-state index >= 15 is 0 Å². The van der Waals surface area contributed by atoms with E-state index in [2.05, 4.69) is 28.9 Å². The van der Waals surface area contributed by atoms with Gasteiger partial charge in [0.15, 0.2) is 0 Å². The summed E-state index contributed by atoms with van der Waals surface area (Å²) in [5, 5.41) is 0. The zero-order valence-corrected chi connectivity index (χ0v) is 12.6. The van der Waals surface area contributed by atoms with Crippen LogP contribution in [0.5, 0.6) is 0 Å². The van der Waals surface area contributed by atoms with E-state index < -0.39 is 0 Å². The molecular formula is C16H26N4. The zero-order valence-electron chi connectivity index (χ0n) is 12.6. The first-order valence-electron chi connectivity index (χ1n) is 8.16. The molecule has 0 amide bonds. The van der Waals surface area contributed by atoms with Gasteiger partial charge in [-0.1, -0.05) is 13.8 Å². The van der Waals surface area contributed by atoms with Gasteiger partial charge < -0.3 is 11.2 Å². The van der Waals surface area contributed by atoms with Crippen molar-refractivity contribution in [3.63, 3.8) is 0 Å². The fourth-order valence-electron chi connectivity index (χ4n) is 5.39. The summed E-state index contributed by atoms with van der Waals surface area (Å²) in [6.45, 7) is 4.36. The number of aromatic nitrogens is 2. The Morgan fingerprint density at radius 2 is 1.75 bits per heavy atom. The van der Waals surface area contributed by atoms with Crippen molar-refractivity contribution in [1.29, 1.82) is 0 Å². The minimum atomic E-state index is 0.285. The number of nitrogens with two attached hydrogens (primary N) is 1. The molecule has 110 valence electrons. The van der Waals surface area contributed by atoms with E-state index in [1.54, 1.807) is 6.20 Å². The van der Waals surface area contributed by atoms with Crippen molar-refractivity contribution in [3.05, 3.63) is 12.0 Å². The third-order valence-electron chi connectivity index (χ3n) is 5.72. The molecule has 4 fully saturated rings. The van der Waals surface area contributed by atoms with E-state index in [1.165, 1.54) is 38.5 Å². The number of nitrogens with one attached hydrogen (secondary N) is 1. The number of imidazole rings is 1. The molecule has 0 aliphatic heterocycles. The van der Waals surface area contributed by atoms with Crippen LogP contribution >= 0.6 is 0 Å². The molecule has 4 aliphatic rings. The topological polar surface area (TPSA) is 55.9 Å². The molecule has 4 heteroatoms. The SMILES string of the molecule is CC(C)c1ncc(N)n1NC12CC3CC(CC(C3)C1)C2. The van der Waals surface area contributed by atoms with E-state index in [0.717, 1.165) is 29.4 Å². The minimum Gasteiger partial charge on any atom is -0.382 e. The molecule has 20 heavy (non-hydrogen) atoms. The van der Waals surface area contributed by atoms with Gasteiger partial charge in [0.2, 0.25) is 0 Å². The Bertz CT molecular complexity index is 481. The number of hydrogen-bond acceptors (Lipinski definition) is 3. The van der Waals surface area contributed by atoms with E-state index in [0.29, 0.717) is 5.92 Å². The third kappa shape index (κ3) is 1.84. The number of hydrogen-bond donors (Lipinski definition) is 2. The van der Waals surface area contributed by atoms with Crippen LogP contribution in [-0.4, -0.2) is 15.2 Å². The van der Waals surface area contributed by atoms with Crippen LogP contribution in [0.1, 0.15) is 64.1 Å². The molecular weight excluding hydrogens is 248 g/mol. The van der Waals surface area contributed by atoms with Crippen LogP contribution in [0.15, 0.2) is 6.20 Å². The van der Waals surface area contributed by atoms with Gasteiger partial charge in [-0.25, -0.2) is 9.66 Å². The Morgan fingerprint density at radius 3 is 2.25 bits per heavy atom. The second-order valence-electron chi connectivity index (χ2n) is 7.84. The largest absolute Gasteiger partial charge is 0.382 e. The lowest BCUT2D eigenvalue weighted by atomic mass is 9.53. The number of nitrogen functional groups attached to an aromatic ring is 1. The lowest BCUT2D eigenvalue weighted by Gasteiger charge is -2.57. The van der Waals surface area contributed by atoms with Crippen LogP contribution in [0.3, 0.4) is 0 Å². The Kier molecular flexibility index (Phi) is 2.60. The van der Waals surface area contributed by atoms with Crippen molar-refractivity contribution < 1.29 is 0 Å².